The van der Waals surface area contributed by atoms with E-state index in [9.17, 15) is 0 Å². The zero-order valence-electron chi connectivity index (χ0n) is 11.7. The second-order valence-corrected chi connectivity index (χ2v) is 10.2. The van der Waals surface area contributed by atoms with Gasteiger partial charge in [-0.25, -0.2) is 0 Å². The maximum Gasteiger partial charge on any atom is 0.131 e. The Labute approximate surface area is 116 Å². The number of nitrogens with zero attached hydrogens (tertiary/aromatic N) is 1. The second-order valence-electron chi connectivity index (χ2n) is 5.49. The standard InChI is InChI=1S/C17H19NSi/c1-19(2,3)15-14-18(16-10-6-4-7-11-16)17-12-8-5-9-13-17/h4-13H,1-3H3. The fourth-order valence-electron chi connectivity index (χ4n) is 1.66. The Kier molecular flexibility index (Phi) is 4.09. The van der Waals surface area contributed by atoms with Crippen LogP contribution in [0.5, 0.6) is 0 Å². The van der Waals surface area contributed by atoms with Crippen molar-refractivity contribution in [1.82, 2.24) is 0 Å². The minimum Gasteiger partial charge on any atom is -0.270 e. The first-order chi connectivity index (χ1) is 9.06. The lowest BCUT2D eigenvalue weighted by molar-refractivity contribution is 1.33. The van der Waals surface area contributed by atoms with Crippen molar-refractivity contribution in [2.75, 3.05) is 4.90 Å². The van der Waals surface area contributed by atoms with Crippen LogP contribution in [0.25, 0.3) is 0 Å². The normalized spacial score (nSPS) is 10.5. The number of benzene rings is 2. The lowest BCUT2D eigenvalue weighted by Crippen LogP contribution is -2.19. The quantitative estimate of drug-likeness (QED) is 0.433. The first-order valence-electron chi connectivity index (χ1n) is 6.49. The lowest BCUT2D eigenvalue weighted by atomic mass is 10.2. The number of hydrogen-bond donors (Lipinski definition) is 0. The van der Waals surface area contributed by atoms with Crippen molar-refractivity contribution in [2.24, 2.45) is 0 Å². The zero-order chi connectivity index (χ0) is 13.7. The van der Waals surface area contributed by atoms with E-state index in [1.165, 1.54) is 0 Å². The van der Waals surface area contributed by atoms with Gasteiger partial charge in [0.15, 0.2) is 0 Å². The summed E-state index contributed by atoms with van der Waals surface area (Å²) in [4.78, 5) is 2.07. The van der Waals surface area contributed by atoms with E-state index in [0.29, 0.717) is 0 Å². The summed E-state index contributed by atoms with van der Waals surface area (Å²) in [6, 6.07) is 23.9. The molecule has 0 saturated carbocycles. The van der Waals surface area contributed by atoms with Gasteiger partial charge in [0, 0.05) is 6.04 Å². The summed E-state index contributed by atoms with van der Waals surface area (Å²) in [6.07, 6.45) is 0. The number of anilines is 2. The molecule has 0 fully saturated rings. The predicted octanol–water partition coefficient (Wildman–Crippen LogP) is 4.66. The minimum atomic E-state index is -1.39. The third-order valence-electron chi connectivity index (χ3n) is 2.57. The van der Waals surface area contributed by atoms with Gasteiger partial charge in [0.05, 0.1) is 11.4 Å². The fourth-order valence-corrected chi connectivity index (χ4v) is 2.10. The van der Waals surface area contributed by atoms with Crippen LogP contribution in [-0.2, 0) is 0 Å². The van der Waals surface area contributed by atoms with Gasteiger partial charge in [-0.1, -0.05) is 56.0 Å². The highest BCUT2D eigenvalue weighted by Gasteiger charge is 2.10. The van der Waals surface area contributed by atoms with Crippen LogP contribution in [0.1, 0.15) is 0 Å². The molecule has 2 aromatic carbocycles. The highest BCUT2D eigenvalue weighted by Crippen LogP contribution is 2.23. The van der Waals surface area contributed by atoms with Crippen molar-refractivity contribution in [3.8, 4) is 11.6 Å². The summed E-state index contributed by atoms with van der Waals surface area (Å²) in [5, 5.41) is 0. The van der Waals surface area contributed by atoms with Gasteiger partial charge in [-0.15, -0.1) is 5.54 Å². The van der Waals surface area contributed by atoms with Crippen LogP contribution in [0.4, 0.5) is 11.4 Å². The van der Waals surface area contributed by atoms with Crippen molar-refractivity contribution in [3.05, 3.63) is 60.7 Å². The monoisotopic (exact) mass is 265 g/mol. The minimum absolute atomic E-state index is 1.11. The maximum absolute atomic E-state index is 3.43. The predicted molar refractivity (Wildman–Crippen MR) is 86.1 cm³/mol. The van der Waals surface area contributed by atoms with Crippen LogP contribution in [0.15, 0.2) is 60.7 Å². The molecule has 2 aromatic rings. The zero-order valence-corrected chi connectivity index (χ0v) is 12.7. The van der Waals surface area contributed by atoms with Crippen molar-refractivity contribution in [3.63, 3.8) is 0 Å². The highest BCUT2D eigenvalue weighted by atomic mass is 28.3. The van der Waals surface area contributed by atoms with E-state index in [4.69, 9.17) is 0 Å². The molecular weight excluding hydrogens is 246 g/mol. The van der Waals surface area contributed by atoms with Gasteiger partial charge >= 0.3 is 0 Å². The van der Waals surface area contributed by atoms with Gasteiger partial charge in [0.25, 0.3) is 0 Å². The van der Waals surface area contributed by atoms with Crippen LogP contribution in [0.3, 0.4) is 0 Å². The molecule has 2 heteroatoms. The molecule has 96 valence electrons. The molecule has 0 amide bonds. The van der Waals surface area contributed by atoms with Gasteiger partial charge in [-0.2, -0.15) is 0 Å². The highest BCUT2D eigenvalue weighted by molar-refractivity contribution is 6.83. The average molecular weight is 265 g/mol. The smallest absolute Gasteiger partial charge is 0.131 e. The van der Waals surface area contributed by atoms with E-state index in [0.717, 1.165) is 11.4 Å². The Bertz CT molecular complexity index is 534. The van der Waals surface area contributed by atoms with Crippen LogP contribution in [0.2, 0.25) is 19.6 Å². The molecule has 0 atom stereocenters. The van der Waals surface area contributed by atoms with Crippen molar-refractivity contribution < 1.29 is 0 Å². The molecule has 0 aliphatic rings. The Morgan fingerprint density at radius 2 is 1.16 bits per heavy atom. The van der Waals surface area contributed by atoms with E-state index in [1.54, 1.807) is 0 Å². The number of hydrogen-bond acceptors (Lipinski definition) is 1. The molecule has 0 radical (unpaired) electrons. The SMILES string of the molecule is C[Si](C)(C)C#CN(c1ccccc1)c1ccccc1. The summed E-state index contributed by atoms with van der Waals surface area (Å²) < 4.78 is 0. The summed E-state index contributed by atoms with van der Waals surface area (Å²) >= 11 is 0. The van der Waals surface area contributed by atoms with Gasteiger partial charge in [0.2, 0.25) is 0 Å². The molecule has 0 aromatic heterocycles. The van der Waals surface area contributed by atoms with E-state index in [-0.39, 0.29) is 0 Å². The number of rotatable bonds is 2. The molecule has 0 aliphatic carbocycles. The summed E-state index contributed by atoms with van der Waals surface area (Å²) in [5.74, 6) is 0. The molecule has 2 rings (SSSR count). The van der Waals surface area contributed by atoms with Crippen LogP contribution in [0, 0.1) is 11.6 Å². The van der Waals surface area contributed by atoms with E-state index < -0.39 is 8.07 Å². The molecular formula is C17H19NSi. The summed E-state index contributed by atoms with van der Waals surface area (Å²) in [7, 11) is -1.39. The van der Waals surface area contributed by atoms with E-state index >= 15 is 0 Å². The van der Waals surface area contributed by atoms with Crippen molar-refractivity contribution >= 4 is 19.4 Å². The molecule has 0 bridgehead atoms. The third-order valence-corrected chi connectivity index (χ3v) is 3.43. The number of para-hydroxylation sites is 2. The van der Waals surface area contributed by atoms with Crippen molar-refractivity contribution in [1.29, 1.82) is 0 Å². The average Bonchev–Trinajstić information content (AvgIpc) is 2.40. The van der Waals surface area contributed by atoms with Gasteiger partial charge in [-0.3, -0.25) is 4.90 Å². The van der Waals surface area contributed by atoms with Crippen LogP contribution in [-0.4, -0.2) is 8.07 Å². The lowest BCUT2D eigenvalue weighted by Gasteiger charge is -2.18. The van der Waals surface area contributed by atoms with Gasteiger partial charge < -0.3 is 0 Å². The Morgan fingerprint density at radius 3 is 1.53 bits per heavy atom. The van der Waals surface area contributed by atoms with Gasteiger partial charge in [0.1, 0.15) is 8.07 Å². The first kappa shape index (κ1) is 13.4. The topological polar surface area (TPSA) is 3.24 Å². The van der Waals surface area contributed by atoms with E-state index in [1.807, 2.05) is 36.4 Å². The largest absolute Gasteiger partial charge is 0.270 e. The molecule has 0 aliphatic heterocycles. The molecule has 0 N–H and O–H groups in total. The summed E-state index contributed by atoms with van der Waals surface area (Å²) in [5.41, 5.74) is 5.65. The van der Waals surface area contributed by atoms with Crippen LogP contribution < -0.4 is 4.90 Å². The molecule has 0 unspecified atom stereocenters. The molecule has 0 heterocycles. The molecule has 0 spiro atoms. The summed E-state index contributed by atoms with van der Waals surface area (Å²) in [6.45, 7) is 6.77. The van der Waals surface area contributed by atoms with Crippen molar-refractivity contribution in [2.45, 2.75) is 19.6 Å². The van der Waals surface area contributed by atoms with Crippen LogP contribution >= 0.6 is 0 Å². The Balaban J connectivity index is 2.42. The third kappa shape index (κ3) is 4.01. The molecule has 1 nitrogen and oxygen atoms in total. The maximum atomic E-state index is 3.43. The fraction of sp³-hybridized carbons (Fsp3) is 0.176. The Hall–Kier alpha value is -1.98. The van der Waals surface area contributed by atoms with Gasteiger partial charge in [-0.05, 0) is 24.3 Å². The second kappa shape index (κ2) is 5.77. The molecule has 19 heavy (non-hydrogen) atoms. The van der Waals surface area contributed by atoms with E-state index in [2.05, 4.69) is 60.4 Å². The Morgan fingerprint density at radius 1 is 0.737 bits per heavy atom. The molecule has 0 saturated heterocycles. The first-order valence-corrected chi connectivity index (χ1v) is 9.99.